The Labute approximate surface area is 109 Å². The summed E-state index contributed by atoms with van der Waals surface area (Å²) in [5.74, 6) is 1.96. The smallest absolute Gasteiger partial charge is 0.203 e. The Balaban J connectivity index is 3.06. The average Bonchev–Trinajstić information content (AvgIpc) is 2.43. The van der Waals surface area contributed by atoms with Crippen molar-refractivity contribution in [3.05, 3.63) is 12.1 Å². The van der Waals surface area contributed by atoms with Crippen LogP contribution in [0.25, 0.3) is 0 Å². The summed E-state index contributed by atoms with van der Waals surface area (Å²) >= 11 is 0. The van der Waals surface area contributed by atoms with Crippen LogP contribution in [0.3, 0.4) is 0 Å². The normalized spacial score (nSPS) is 10.3. The molecular formula is C14H23NO3. The molecule has 1 N–H and O–H groups in total. The van der Waals surface area contributed by atoms with Crippen molar-refractivity contribution in [1.82, 2.24) is 0 Å². The van der Waals surface area contributed by atoms with Crippen LogP contribution in [0.1, 0.15) is 26.7 Å². The topological polar surface area (TPSA) is 39.7 Å². The fraction of sp³-hybridized carbons (Fsp3) is 0.571. The first-order valence-electron chi connectivity index (χ1n) is 6.26. The van der Waals surface area contributed by atoms with Crippen LogP contribution in [0, 0.1) is 0 Å². The molecule has 0 fully saturated rings. The Morgan fingerprint density at radius 3 is 1.78 bits per heavy atom. The zero-order chi connectivity index (χ0) is 13.5. The quantitative estimate of drug-likeness (QED) is 0.809. The summed E-state index contributed by atoms with van der Waals surface area (Å²) in [6.45, 7) is 4.33. The van der Waals surface area contributed by atoms with E-state index in [0.29, 0.717) is 23.3 Å². The van der Waals surface area contributed by atoms with Gasteiger partial charge in [-0.1, -0.05) is 13.8 Å². The lowest BCUT2D eigenvalue weighted by Crippen LogP contribution is -2.17. The number of hydrogen-bond donors (Lipinski definition) is 1. The molecule has 0 saturated heterocycles. The van der Waals surface area contributed by atoms with E-state index in [4.69, 9.17) is 14.2 Å². The number of rotatable bonds is 7. The lowest BCUT2D eigenvalue weighted by molar-refractivity contribution is 0.324. The van der Waals surface area contributed by atoms with Gasteiger partial charge in [0.05, 0.1) is 21.3 Å². The van der Waals surface area contributed by atoms with Crippen LogP contribution in [0.2, 0.25) is 0 Å². The van der Waals surface area contributed by atoms with Crippen LogP contribution in [0.5, 0.6) is 17.2 Å². The Kier molecular flexibility index (Phi) is 5.62. The van der Waals surface area contributed by atoms with Gasteiger partial charge in [-0.25, -0.2) is 0 Å². The minimum absolute atomic E-state index is 0.452. The second kappa shape index (κ2) is 6.99. The van der Waals surface area contributed by atoms with Gasteiger partial charge < -0.3 is 19.5 Å². The molecular weight excluding hydrogens is 230 g/mol. The average molecular weight is 253 g/mol. The number of nitrogens with one attached hydrogen (secondary N) is 1. The lowest BCUT2D eigenvalue weighted by atomic mass is 10.1. The van der Waals surface area contributed by atoms with Gasteiger partial charge in [0.1, 0.15) is 0 Å². The maximum Gasteiger partial charge on any atom is 0.203 e. The molecule has 1 rings (SSSR count). The van der Waals surface area contributed by atoms with E-state index in [0.717, 1.165) is 18.5 Å². The maximum absolute atomic E-state index is 5.32. The van der Waals surface area contributed by atoms with Gasteiger partial charge in [0.15, 0.2) is 11.5 Å². The highest BCUT2D eigenvalue weighted by atomic mass is 16.5. The molecule has 0 radical (unpaired) electrons. The van der Waals surface area contributed by atoms with Crippen LogP contribution in [0.15, 0.2) is 12.1 Å². The molecule has 0 amide bonds. The molecule has 0 aliphatic rings. The molecule has 4 nitrogen and oxygen atoms in total. The Morgan fingerprint density at radius 1 is 0.944 bits per heavy atom. The molecule has 0 saturated carbocycles. The van der Waals surface area contributed by atoms with E-state index in [1.165, 1.54) is 0 Å². The van der Waals surface area contributed by atoms with E-state index in [1.54, 1.807) is 21.3 Å². The third-order valence-electron chi connectivity index (χ3n) is 3.02. The van der Waals surface area contributed by atoms with E-state index in [1.807, 2.05) is 12.1 Å². The van der Waals surface area contributed by atoms with Crippen LogP contribution < -0.4 is 19.5 Å². The summed E-state index contributed by atoms with van der Waals surface area (Å²) in [6, 6.07) is 4.31. The third kappa shape index (κ3) is 3.22. The largest absolute Gasteiger partial charge is 0.493 e. The van der Waals surface area contributed by atoms with Crippen molar-refractivity contribution in [3.63, 3.8) is 0 Å². The van der Waals surface area contributed by atoms with Crippen molar-refractivity contribution >= 4 is 5.69 Å². The first kappa shape index (κ1) is 14.5. The van der Waals surface area contributed by atoms with Crippen molar-refractivity contribution < 1.29 is 14.2 Å². The van der Waals surface area contributed by atoms with E-state index in [-0.39, 0.29) is 0 Å². The fourth-order valence-electron chi connectivity index (χ4n) is 1.89. The number of hydrogen-bond acceptors (Lipinski definition) is 4. The zero-order valence-electron chi connectivity index (χ0n) is 11.9. The summed E-state index contributed by atoms with van der Waals surface area (Å²) in [4.78, 5) is 0. The summed E-state index contributed by atoms with van der Waals surface area (Å²) in [5, 5.41) is 3.46. The minimum atomic E-state index is 0.452. The summed E-state index contributed by atoms with van der Waals surface area (Å²) in [5.41, 5.74) is 0.984. The highest BCUT2D eigenvalue weighted by Crippen LogP contribution is 2.40. The standard InChI is InChI=1S/C14H23NO3/c1-6-10(7-2)15-11-8-12(16-3)14(18-5)13(9-11)17-4/h8-10,15H,6-7H2,1-5H3. The highest BCUT2D eigenvalue weighted by Gasteiger charge is 2.14. The van der Waals surface area contributed by atoms with Crippen molar-refractivity contribution in [3.8, 4) is 17.2 Å². The van der Waals surface area contributed by atoms with Gasteiger partial charge in [-0.3, -0.25) is 0 Å². The number of benzene rings is 1. The molecule has 0 atom stereocenters. The second-order valence-corrected chi connectivity index (χ2v) is 4.07. The third-order valence-corrected chi connectivity index (χ3v) is 3.02. The molecule has 18 heavy (non-hydrogen) atoms. The van der Waals surface area contributed by atoms with Crippen LogP contribution in [0.4, 0.5) is 5.69 Å². The SMILES string of the molecule is CCC(CC)Nc1cc(OC)c(OC)c(OC)c1. The second-order valence-electron chi connectivity index (χ2n) is 4.07. The Hall–Kier alpha value is -1.58. The van der Waals surface area contributed by atoms with Gasteiger partial charge in [0, 0.05) is 23.9 Å². The predicted molar refractivity (Wildman–Crippen MR) is 74.1 cm³/mol. The number of anilines is 1. The molecule has 0 aliphatic carbocycles. The molecule has 1 aromatic rings. The van der Waals surface area contributed by atoms with E-state index >= 15 is 0 Å². The van der Waals surface area contributed by atoms with Gasteiger partial charge in [0.2, 0.25) is 5.75 Å². The predicted octanol–water partition coefficient (Wildman–Crippen LogP) is 3.31. The summed E-state index contributed by atoms with van der Waals surface area (Å²) < 4.78 is 15.9. The number of methoxy groups -OCH3 is 3. The molecule has 0 heterocycles. The van der Waals surface area contributed by atoms with Gasteiger partial charge in [-0.2, -0.15) is 0 Å². The maximum atomic E-state index is 5.32. The van der Waals surface area contributed by atoms with Crippen molar-refractivity contribution in [2.45, 2.75) is 32.7 Å². The van der Waals surface area contributed by atoms with E-state index in [2.05, 4.69) is 19.2 Å². The number of ether oxygens (including phenoxy) is 3. The minimum Gasteiger partial charge on any atom is -0.493 e. The van der Waals surface area contributed by atoms with Gasteiger partial charge in [0.25, 0.3) is 0 Å². The van der Waals surface area contributed by atoms with E-state index in [9.17, 15) is 0 Å². The molecule has 0 aliphatic heterocycles. The molecule has 0 unspecified atom stereocenters. The monoisotopic (exact) mass is 253 g/mol. The zero-order valence-corrected chi connectivity index (χ0v) is 11.9. The molecule has 102 valence electrons. The summed E-state index contributed by atoms with van der Waals surface area (Å²) in [6.07, 6.45) is 2.15. The highest BCUT2D eigenvalue weighted by molar-refractivity contribution is 5.62. The fourth-order valence-corrected chi connectivity index (χ4v) is 1.89. The summed E-state index contributed by atoms with van der Waals surface area (Å²) in [7, 11) is 4.85. The van der Waals surface area contributed by atoms with E-state index < -0.39 is 0 Å². The Morgan fingerprint density at radius 2 is 1.44 bits per heavy atom. The first-order chi connectivity index (χ1) is 8.69. The molecule has 1 aromatic carbocycles. The molecule has 0 spiro atoms. The van der Waals surface area contributed by atoms with Crippen molar-refractivity contribution in [2.75, 3.05) is 26.6 Å². The van der Waals surface area contributed by atoms with Gasteiger partial charge in [-0.15, -0.1) is 0 Å². The van der Waals surface area contributed by atoms with Crippen LogP contribution >= 0.6 is 0 Å². The van der Waals surface area contributed by atoms with Crippen molar-refractivity contribution in [2.24, 2.45) is 0 Å². The van der Waals surface area contributed by atoms with Gasteiger partial charge >= 0.3 is 0 Å². The molecule has 4 heteroatoms. The van der Waals surface area contributed by atoms with Crippen molar-refractivity contribution in [1.29, 1.82) is 0 Å². The van der Waals surface area contributed by atoms with Crippen LogP contribution in [-0.4, -0.2) is 27.4 Å². The lowest BCUT2D eigenvalue weighted by Gasteiger charge is -2.19. The Bertz CT molecular complexity index is 350. The van der Waals surface area contributed by atoms with Gasteiger partial charge in [-0.05, 0) is 12.8 Å². The molecule has 0 aromatic heterocycles. The van der Waals surface area contributed by atoms with Crippen LogP contribution in [-0.2, 0) is 0 Å². The molecule has 0 bridgehead atoms. The first-order valence-corrected chi connectivity index (χ1v) is 6.26.